The molecule has 1 aliphatic heterocycles. The van der Waals surface area contributed by atoms with Crippen molar-refractivity contribution < 1.29 is 26.7 Å². The summed E-state index contributed by atoms with van der Waals surface area (Å²) in [6.45, 7) is 4.38. The molecule has 1 atom stereocenters. The molecule has 4 rings (SSSR count). The molecule has 8 nitrogen and oxygen atoms in total. The Balaban J connectivity index is 1.99. The van der Waals surface area contributed by atoms with Gasteiger partial charge in [0.05, 0.1) is 18.3 Å². The van der Waals surface area contributed by atoms with Gasteiger partial charge in [0.2, 0.25) is 10.0 Å². The van der Waals surface area contributed by atoms with Crippen molar-refractivity contribution in [1.82, 2.24) is 4.31 Å². The highest BCUT2D eigenvalue weighted by molar-refractivity contribution is 7.91. The maximum absolute atomic E-state index is 14.4. The predicted octanol–water partition coefficient (Wildman–Crippen LogP) is 5.10. The molecular weight excluding hydrogens is 524 g/mol. The van der Waals surface area contributed by atoms with Gasteiger partial charge in [0.1, 0.15) is 21.3 Å². The largest absolute Gasteiger partial charge is 0.507 e. The number of nitrogens with zero attached hydrogens (tertiary/aromatic N) is 2. The summed E-state index contributed by atoms with van der Waals surface area (Å²) in [4.78, 5) is 1.40. The molecule has 3 aromatic rings. The Morgan fingerprint density at radius 2 is 1.71 bits per heavy atom. The number of methoxy groups -OCH3 is 1. The lowest BCUT2D eigenvalue weighted by Crippen LogP contribution is -2.53. The number of phenols is 1. The number of aromatic hydroxyl groups is 1. The summed E-state index contributed by atoms with van der Waals surface area (Å²) < 4.78 is 60.6. The van der Waals surface area contributed by atoms with Crippen LogP contribution in [-0.4, -0.2) is 51.7 Å². The Labute approximate surface area is 225 Å². The minimum absolute atomic E-state index is 0.100. The number of unbranched alkanes of at least 4 members (excludes halogenated alkanes) is 1. The van der Waals surface area contributed by atoms with Gasteiger partial charge in [-0.25, -0.2) is 16.8 Å². The van der Waals surface area contributed by atoms with Gasteiger partial charge in [-0.15, -0.1) is 0 Å². The van der Waals surface area contributed by atoms with E-state index in [-0.39, 0.29) is 28.6 Å². The molecule has 0 spiro atoms. The average molecular weight is 559 g/mol. The normalized spacial score (nSPS) is 19.5. The Morgan fingerprint density at radius 1 is 1.05 bits per heavy atom. The molecule has 0 radical (unpaired) electrons. The van der Waals surface area contributed by atoms with Crippen LogP contribution in [0.25, 0.3) is 0 Å². The minimum Gasteiger partial charge on any atom is -0.507 e. The molecular formula is C28H34N2O6S2. The zero-order valence-electron chi connectivity index (χ0n) is 22.1. The van der Waals surface area contributed by atoms with Crippen molar-refractivity contribution in [2.45, 2.75) is 55.0 Å². The Morgan fingerprint density at radius 3 is 2.29 bits per heavy atom. The van der Waals surface area contributed by atoms with E-state index in [0.717, 1.165) is 36.4 Å². The maximum atomic E-state index is 14.4. The number of hydrogen-bond acceptors (Lipinski definition) is 7. The van der Waals surface area contributed by atoms with E-state index in [9.17, 15) is 21.9 Å². The van der Waals surface area contributed by atoms with Crippen molar-refractivity contribution in [3.05, 3.63) is 72.3 Å². The summed E-state index contributed by atoms with van der Waals surface area (Å²) in [7, 11) is -6.45. The zero-order chi connectivity index (χ0) is 27.7. The molecule has 3 aromatic carbocycles. The van der Waals surface area contributed by atoms with Crippen molar-refractivity contribution in [2.75, 3.05) is 24.8 Å². The van der Waals surface area contributed by atoms with Crippen LogP contribution < -0.4 is 9.64 Å². The summed E-state index contributed by atoms with van der Waals surface area (Å²) in [6.07, 6.45) is 3.25. The number of rotatable bonds is 8. The van der Waals surface area contributed by atoms with Crippen LogP contribution in [0.5, 0.6) is 11.5 Å². The lowest BCUT2D eigenvalue weighted by atomic mass is 9.92. The van der Waals surface area contributed by atoms with Gasteiger partial charge in [-0.1, -0.05) is 50.1 Å². The average Bonchev–Trinajstić information content (AvgIpc) is 2.95. The molecule has 0 saturated heterocycles. The molecule has 1 N–H and O–H groups in total. The van der Waals surface area contributed by atoms with Gasteiger partial charge in [-0.05, 0) is 49.2 Å². The molecule has 0 fully saturated rings. The number of ether oxygens (including phenoxy) is 1. The number of phenolic OH excluding ortho intramolecular Hbond substituents is 1. The number of sulfone groups is 1. The number of para-hydroxylation sites is 1. The zero-order valence-corrected chi connectivity index (χ0v) is 23.7. The third-order valence-electron chi connectivity index (χ3n) is 7.02. The van der Waals surface area contributed by atoms with Crippen molar-refractivity contribution >= 4 is 31.2 Å². The van der Waals surface area contributed by atoms with Crippen LogP contribution in [0.2, 0.25) is 0 Å². The summed E-state index contributed by atoms with van der Waals surface area (Å²) in [5, 5.41) is 10.7. The van der Waals surface area contributed by atoms with Gasteiger partial charge in [0, 0.05) is 31.1 Å². The Hall–Kier alpha value is -3.08. The van der Waals surface area contributed by atoms with E-state index < -0.39 is 31.1 Å². The number of sulfonamides is 1. The molecule has 0 bridgehead atoms. The molecule has 10 heteroatoms. The standard InChI is InChI=1S/C28H34N2O6S2/c1-5-6-16-28(2)20-29(22-10-8-7-9-11-22)24-17-27(37(4,32)33)25(31)18-26(24)38(34,35)30(28)19-21-12-14-23(36-3)15-13-21/h7-15,17-18,31H,5-6,16,19-20H2,1-4H3. The molecule has 38 heavy (non-hydrogen) atoms. The third-order valence-corrected chi connectivity index (χ3v) is 10.2. The lowest BCUT2D eigenvalue weighted by Gasteiger charge is -2.41. The molecule has 1 heterocycles. The topological polar surface area (TPSA) is 104 Å². The first-order valence-electron chi connectivity index (χ1n) is 12.5. The van der Waals surface area contributed by atoms with Gasteiger partial charge >= 0.3 is 0 Å². The van der Waals surface area contributed by atoms with E-state index in [2.05, 4.69) is 6.92 Å². The smallest absolute Gasteiger partial charge is 0.246 e. The molecule has 0 saturated carbocycles. The molecule has 1 aliphatic rings. The third kappa shape index (κ3) is 5.39. The SMILES string of the molecule is CCCCC1(C)CN(c2ccccc2)c2cc(S(C)(=O)=O)c(O)cc2S(=O)(=O)N1Cc1ccc(OC)cc1. The predicted molar refractivity (Wildman–Crippen MR) is 148 cm³/mol. The van der Waals surface area contributed by atoms with Crippen LogP contribution in [0.3, 0.4) is 0 Å². The molecule has 204 valence electrons. The molecule has 1 unspecified atom stereocenters. The van der Waals surface area contributed by atoms with Crippen molar-refractivity contribution in [1.29, 1.82) is 0 Å². The highest BCUT2D eigenvalue weighted by atomic mass is 32.2. The Kier molecular flexibility index (Phi) is 7.79. The van der Waals surface area contributed by atoms with Crippen LogP contribution in [-0.2, 0) is 26.4 Å². The highest BCUT2D eigenvalue weighted by Crippen LogP contribution is 2.45. The number of fused-ring (bicyclic) bond motifs is 1. The van der Waals surface area contributed by atoms with Crippen molar-refractivity contribution in [3.8, 4) is 11.5 Å². The summed E-state index contributed by atoms with van der Waals surface area (Å²) in [5.41, 5.74) is 0.867. The molecule has 0 amide bonds. The molecule has 0 aromatic heterocycles. The first kappa shape index (κ1) is 27.9. The summed E-state index contributed by atoms with van der Waals surface area (Å²) >= 11 is 0. The lowest BCUT2D eigenvalue weighted by molar-refractivity contribution is 0.191. The van der Waals surface area contributed by atoms with Crippen LogP contribution in [0.1, 0.15) is 38.7 Å². The molecule has 0 aliphatic carbocycles. The minimum atomic E-state index is -4.19. The van der Waals surface area contributed by atoms with E-state index in [0.29, 0.717) is 12.2 Å². The van der Waals surface area contributed by atoms with Crippen molar-refractivity contribution in [2.24, 2.45) is 0 Å². The monoisotopic (exact) mass is 558 g/mol. The van der Waals surface area contributed by atoms with Crippen LogP contribution in [0.15, 0.2) is 76.5 Å². The fourth-order valence-electron chi connectivity index (χ4n) is 4.94. The Bertz CT molecular complexity index is 1510. The van der Waals surface area contributed by atoms with E-state index in [1.54, 1.807) is 19.2 Å². The quantitative estimate of drug-likeness (QED) is 0.410. The van der Waals surface area contributed by atoms with Gasteiger partial charge in [0.25, 0.3) is 0 Å². The van der Waals surface area contributed by atoms with Crippen LogP contribution in [0.4, 0.5) is 11.4 Å². The van der Waals surface area contributed by atoms with Crippen LogP contribution in [0, 0.1) is 0 Å². The van der Waals surface area contributed by atoms with Gasteiger partial charge in [-0.2, -0.15) is 4.31 Å². The second kappa shape index (κ2) is 10.6. The second-order valence-corrected chi connectivity index (χ2v) is 13.8. The fourth-order valence-corrected chi connectivity index (χ4v) is 7.68. The fraction of sp³-hybridized carbons (Fsp3) is 0.357. The van der Waals surface area contributed by atoms with Crippen LogP contribution >= 0.6 is 0 Å². The number of anilines is 2. The van der Waals surface area contributed by atoms with E-state index in [1.165, 1.54) is 10.4 Å². The number of hydrogen-bond donors (Lipinski definition) is 1. The van der Waals surface area contributed by atoms with Gasteiger partial charge in [0.15, 0.2) is 9.84 Å². The highest BCUT2D eigenvalue weighted by Gasteiger charge is 2.46. The van der Waals surface area contributed by atoms with E-state index in [1.807, 2.05) is 54.3 Å². The second-order valence-electron chi connectivity index (χ2n) is 9.94. The first-order chi connectivity index (χ1) is 17.9. The first-order valence-corrected chi connectivity index (χ1v) is 15.8. The maximum Gasteiger partial charge on any atom is 0.246 e. The van der Waals surface area contributed by atoms with Gasteiger partial charge < -0.3 is 14.7 Å². The van der Waals surface area contributed by atoms with Gasteiger partial charge in [-0.3, -0.25) is 0 Å². The van der Waals surface area contributed by atoms with E-state index in [4.69, 9.17) is 4.74 Å². The summed E-state index contributed by atoms with van der Waals surface area (Å²) in [5.74, 6) is 0.0736. The number of benzene rings is 3. The summed E-state index contributed by atoms with van der Waals surface area (Å²) in [6, 6.07) is 18.9. The van der Waals surface area contributed by atoms with E-state index >= 15 is 0 Å². The van der Waals surface area contributed by atoms with Crippen molar-refractivity contribution in [3.63, 3.8) is 0 Å².